The summed E-state index contributed by atoms with van der Waals surface area (Å²) >= 11 is 0. The minimum atomic E-state index is -3.80. The second-order valence-electron chi connectivity index (χ2n) is 6.94. The van der Waals surface area contributed by atoms with Gasteiger partial charge in [0.15, 0.2) is 0 Å². The predicted molar refractivity (Wildman–Crippen MR) is 101 cm³/mol. The van der Waals surface area contributed by atoms with Crippen LogP contribution in [-0.2, 0) is 21.4 Å². The first-order valence-electron chi connectivity index (χ1n) is 9.03. The van der Waals surface area contributed by atoms with E-state index in [0.717, 1.165) is 12.1 Å². The fourth-order valence-corrected chi connectivity index (χ4v) is 4.91. The maximum atomic E-state index is 13.8. The van der Waals surface area contributed by atoms with Crippen LogP contribution in [0.4, 0.5) is 8.78 Å². The van der Waals surface area contributed by atoms with Crippen molar-refractivity contribution in [1.29, 1.82) is 0 Å². The highest BCUT2D eigenvalue weighted by molar-refractivity contribution is 7.89. The Morgan fingerprint density at radius 3 is 2.50 bits per heavy atom. The third-order valence-electron chi connectivity index (χ3n) is 4.93. The van der Waals surface area contributed by atoms with Gasteiger partial charge in [-0.2, -0.15) is 4.31 Å². The molecule has 1 saturated heterocycles. The van der Waals surface area contributed by atoms with E-state index in [1.807, 2.05) is 0 Å². The van der Waals surface area contributed by atoms with Crippen LogP contribution in [0.25, 0.3) is 0 Å². The second-order valence-corrected chi connectivity index (χ2v) is 8.88. The van der Waals surface area contributed by atoms with Gasteiger partial charge in [0.25, 0.3) is 0 Å². The summed E-state index contributed by atoms with van der Waals surface area (Å²) in [5.41, 5.74) is 0.407. The summed E-state index contributed by atoms with van der Waals surface area (Å²) < 4.78 is 53.8. The number of hydrogen-bond acceptors (Lipinski definition) is 3. The number of amides is 1. The molecule has 1 heterocycles. The lowest BCUT2D eigenvalue weighted by molar-refractivity contribution is -0.135. The average molecular weight is 408 g/mol. The van der Waals surface area contributed by atoms with Crippen molar-refractivity contribution in [3.05, 3.63) is 65.7 Å². The Morgan fingerprint density at radius 2 is 1.82 bits per heavy atom. The Bertz CT molecular complexity index is 948. The van der Waals surface area contributed by atoms with Crippen molar-refractivity contribution < 1.29 is 22.0 Å². The molecule has 1 fully saturated rings. The molecular formula is C20H22F2N2O3S. The monoisotopic (exact) mass is 408 g/mol. The van der Waals surface area contributed by atoms with Crippen LogP contribution in [0.5, 0.6) is 0 Å². The second kappa shape index (κ2) is 8.36. The number of nitrogens with zero attached hydrogens (tertiary/aromatic N) is 2. The number of halogens is 2. The number of hydrogen-bond donors (Lipinski definition) is 0. The molecule has 0 N–H and O–H groups in total. The highest BCUT2D eigenvalue weighted by Gasteiger charge is 2.34. The summed E-state index contributed by atoms with van der Waals surface area (Å²) in [4.78, 5) is 14.2. The minimum absolute atomic E-state index is 0.00158. The van der Waals surface area contributed by atoms with Crippen molar-refractivity contribution in [3.63, 3.8) is 0 Å². The van der Waals surface area contributed by atoms with Gasteiger partial charge in [0.1, 0.15) is 11.6 Å². The van der Waals surface area contributed by atoms with E-state index in [1.54, 1.807) is 25.2 Å². The molecule has 8 heteroatoms. The van der Waals surface area contributed by atoms with Crippen LogP contribution in [0, 0.1) is 17.6 Å². The molecule has 0 spiro atoms. The third kappa shape index (κ3) is 4.39. The van der Waals surface area contributed by atoms with Gasteiger partial charge >= 0.3 is 0 Å². The summed E-state index contributed by atoms with van der Waals surface area (Å²) in [5.74, 6) is -1.62. The summed E-state index contributed by atoms with van der Waals surface area (Å²) in [5, 5.41) is 0. The standard InChI is InChI=1S/C20H22F2N2O3S/c1-23(13-15-5-2-3-7-19(15)22)20(25)16-6-4-12-24(14-16)28(26,27)18-10-8-17(21)9-11-18/h2-3,5,7-11,16H,4,6,12-14H2,1H3/t16-/m0/s1. The van der Waals surface area contributed by atoms with Crippen molar-refractivity contribution in [2.45, 2.75) is 24.3 Å². The van der Waals surface area contributed by atoms with Crippen LogP contribution in [0.2, 0.25) is 0 Å². The average Bonchev–Trinajstić information content (AvgIpc) is 2.69. The molecule has 5 nitrogen and oxygen atoms in total. The number of sulfonamides is 1. The molecule has 0 aliphatic carbocycles. The van der Waals surface area contributed by atoms with Crippen LogP contribution in [0.1, 0.15) is 18.4 Å². The molecule has 1 amide bonds. The number of carbonyl (C=O) groups is 1. The van der Waals surface area contributed by atoms with Crippen molar-refractivity contribution >= 4 is 15.9 Å². The van der Waals surface area contributed by atoms with Crippen LogP contribution >= 0.6 is 0 Å². The number of carbonyl (C=O) groups excluding carboxylic acids is 1. The molecule has 0 saturated carbocycles. The normalized spacial score (nSPS) is 18.0. The van der Waals surface area contributed by atoms with E-state index in [1.165, 1.54) is 27.4 Å². The van der Waals surface area contributed by atoms with Crippen molar-refractivity contribution in [2.75, 3.05) is 20.1 Å². The Hall–Kier alpha value is -2.32. The van der Waals surface area contributed by atoms with E-state index in [-0.39, 0.29) is 29.7 Å². The lowest BCUT2D eigenvalue weighted by Gasteiger charge is -2.33. The van der Waals surface area contributed by atoms with Crippen molar-refractivity contribution in [1.82, 2.24) is 9.21 Å². The number of benzene rings is 2. The summed E-state index contributed by atoms with van der Waals surface area (Å²) in [7, 11) is -2.22. The molecule has 2 aromatic rings. The van der Waals surface area contributed by atoms with Gasteiger partial charge < -0.3 is 4.90 Å². The Labute approximate surface area is 163 Å². The molecular weight excluding hydrogens is 386 g/mol. The maximum Gasteiger partial charge on any atom is 0.243 e. The molecule has 1 aliphatic rings. The number of rotatable bonds is 5. The molecule has 3 rings (SSSR count). The van der Waals surface area contributed by atoms with Gasteiger partial charge in [0.05, 0.1) is 10.8 Å². The molecule has 150 valence electrons. The zero-order valence-corrected chi connectivity index (χ0v) is 16.3. The first-order chi connectivity index (χ1) is 13.3. The van der Waals surface area contributed by atoms with Gasteiger partial charge in [0.2, 0.25) is 15.9 Å². The zero-order valence-electron chi connectivity index (χ0n) is 15.5. The molecule has 2 aromatic carbocycles. The molecule has 28 heavy (non-hydrogen) atoms. The van der Waals surface area contributed by atoms with Crippen LogP contribution in [0.15, 0.2) is 53.4 Å². The van der Waals surface area contributed by atoms with E-state index >= 15 is 0 Å². The van der Waals surface area contributed by atoms with Crippen LogP contribution in [-0.4, -0.2) is 43.7 Å². The maximum absolute atomic E-state index is 13.8. The summed E-state index contributed by atoms with van der Waals surface area (Å²) in [6.07, 6.45) is 1.11. The zero-order chi connectivity index (χ0) is 20.3. The van der Waals surface area contributed by atoms with Crippen molar-refractivity contribution in [2.24, 2.45) is 5.92 Å². The molecule has 0 unspecified atom stereocenters. The number of piperidine rings is 1. The van der Waals surface area contributed by atoms with Crippen LogP contribution < -0.4 is 0 Å². The molecule has 0 aromatic heterocycles. The summed E-state index contributed by atoms with van der Waals surface area (Å²) in [6, 6.07) is 10.9. The first kappa shape index (κ1) is 20.4. The van der Waals surface area contributed by atoms with E-state index in [9.17, 15) is 22.0 Å². The van der Waals surface area contributed by atoms with E-state index in [0.29, 0.717) is 24.9 Å². The quantitative estimate of drug-likeness (QED) is 0.764. The van der Waals surface area contributed by atoms with Gasteiger partial charge in [-0.3, -0.25) is 4.79 Å². The molecule has 1 atom stereocenters. The smallest absolute Gasteiger partial charge is 0.243 e. The Kier molecular flexibility index (Phi) is 6.10. The van der Waals surface area contributed by atoms with Crippen LogP contribution in [0.3, 0.4) is 0 Å². The molecule has 0 radical (unpaired) electrons. The SMILES string of the molecule is CN(Cc1ccccc1F)C(=O)[C@H]1CCCN(S(=O)(=O)c2ccc(F)cc2)C1. The van der Waals surface area contributed by atoms with E-state index < -0.39 is 21.8 Å². The fourth-order valence-electron chi connectivity index (χ4n) is 3.39. The fraction of sp³-hybridized carbons (Fsp3) is 0.350. The summed E-state index contributed by atoms with van der Waals surface area (Å²) in [6.45, 7) is 0.480. The molecule has 0 bridgehead atoms. The first-order valence-corrected chi connectivity index (χ1v) is 10.5. The Morgan fingerprint density at radius 1 is 1.14 bits per heavy atom. The van der Waals surface area contributed by atoms with Gasteiger partial charge in [0, 0.05) is 32.2 Å². The predicted octanol–water partition coefficient (Wildman–Crippen LogP) is 3.02. The topological polar surface area (TPSA) is 57.7 Å². The highest BCUT2D eigenvalue weighted by Crippen LogP contribution is 2.25. The lowest BCUT2D eigenvalue weighted by atomic mass is 9.98. The Balaban J connectivity index is 1.71. The highest BCUT2D eigenvalue weighted by atomic mass is 32.2. The molecule has 1 aliphatic heterocycles. The third-order valence-corrected chi connectivity index (χ3v) is 6.81. The largest absolute Gasteiger partial charge is 0.341 e. The minimum Gasteiger partial charge on any atom is -0.341 e. The van der Waals surface area contributed by atoms with Gasteiger partial charge in [-0.1, -0.05) is 18.2 Å². The van der Waals surface area contributed by atoms with Crippen molar-refractivity contribution in [3.8, 4) is 0 Å². The van der Waals surface area contributed by atoms with E-state index in [4.69, 9.17) is 0 Å². The van der Waals surface area contributed by atoms with Gasteiger partial charge in [-0.25, -0.2) is 17.2 Å². The lowest BCUT2D eigenvalue weighted by Crippen LogP contribution is -2.45. The van der Waals surface area contributed by atoms with Gasteiger partial charge in [-0.05, 0) is 43.2 Å². The van der Waals surface area contributed by atoms with Gasteiger partial charge in [-0.15, -0.1) is 0 Å². The van der Waals surface area contributed by atoms with E-state index in [2.05, 4.69) is 0 Å².